The van der Waals surface area contributed by atoms with Gasteiger partial charge in [-0.05, 0) is 19.3 Å². The van der Waals surface area contributed by atoms with Crippen LogP contribution >= 0.6 is 11.6 Å². The van der Waals surface area contributed by atoms with Crippen molar-refractivity contribution in [1.29, 1.82) is 0 Å². The van der Waals surface area contributed by atoms with Crippen molar-refractivity contribution in [2.24, 2.45) is 5.92 Å². The van der Waals surface area contributed by atoms with Crippen LogP contribution in [-0.2, 0) is 6.54 Å². The van der Waals surface area contributed by atoms with Crippen molar-refractivity contribution in [3.05, 3.63) is 21.6 Å². The van der Waals surface area contributed by atoms with Gasteiger partial charge in [-0.15, -0.1) is 0 Å². The highest BCUT2D eigenvalue weighted by molar-refractivity contribution is 6.32. The summed E-state index contributed by atoms with van der Waals surface area (Å²) < 4.78 is 1.41. The maximum Gasteiger partial charge on any atom is 0.287 e. The standard InChI is InChI=1S/C12H20ClN3O/c1-5-9(4)15-10-6-14-16(7-8(2)3)12(17)11(10)13/h6,8-9,15H,5,7H2,1-4H3. The van der Waals surface area contributed by atoms with E-state index in [1.54, 1.807) is 6.20 Å². The lowest BCUT2D eigenvalue weighted by Gasteiger charge is -2.15. The van der Waals surface area contributed by atoms with Gasteiger partial charge >= 0.3 is 0 Å². The smallest absolute Gasteiger partial charge is 0.287 e. The zero-order valence-corrected chi connectivity index (χ0v) is 11.6. The number of rotatable bonds is 5. The van der Waals surface area contributed by atoms with Gasteiger partial charge in [-0.2, -0.15) is 5.10 Å². The minimum atomic E-state index is -0.228. The van der Waals surface area contributed by atoms with Crippen LogP contribution in [0.15, 0.2) is 11.0 Å². The minimum Gasteiger partial charge on any atom is -0.380 e. The molecule has 0 bridgehead atoms. The third kappa shape index (κ3) is 3.73. The predicted octanol–water partition coefficient (Wildman–Crippen LogP) is 2.76. The number of halogens is 1. The molecule has 0 radical (unpaired) electrons. The Hall–Kier alpha value is -1.03. The molecule has 1 aromatic heterocycles. The van der Waals surface area contributed by atoms with Gasteiger partial charge in [0.1, 0.15) is 5.02 Å². The van der Waals surface area contributed by atoms with Crippen molar-refractivity contribution in [1.82, 2.24) is 9.78 Å². The Bertz CT molecular complexity index is 428. The SMILES string of the molecule is CCC(C)Nc1cnn(CC(C)C)c(=O)c1Cl. The second kappa shape index (κ2) is 6.05. The van der Waals surface area contributed by atoms with E-state index in [0.717, 1.165) is 6.42 Å². The van der Waals surface area contributed by atoms with Gasteiger partial charge in [0.25, 0.3) is 5.56 Å². The Kier molecular flexibility index (Phi) is 5.00. The normalized spacial score (nSPS) is 12.8. The van der Waals surface area contributed by atoms with Crippen molar-refractivity contribution >= 4 is 17.3 Å². The number of aromatic nitrogens is 2. The second-order valence-electron chi connectivity index (χ2n) is 4.71. The predicted molar refractivity (Wildman–Crippen MR) is 71.7 cm³/mol. The van der Waals surface area contributed by atoms with Crippen molar-refractivity contribution in [2.75, 3.05) is 5.32 Å². The summed E-state index contributed by atoms with van der Waals surface area (Å²) in [4.78, 5) is 11.9. The van der Waals surface area contributed by atoms with E-state index in [0.29, 0.717) is 18.2 Å². The Morgan fingerprint density at radius 2 is 2.12 bits per heavy atom. The Morgan fingerprint density at radius 1 is 1.47 bits per heavy atom. The fourth-order valence-electron chi connectivity index (χ4n) is 1.41. The molecular weight excluding hydrogens is 238 g/mol. The molecule has 1 unspecified atom stereocenters. The van der Waals surface area contributed by atoms with E-state index in [4.69, 9.17) is 11.6 Å². The number of nitrogens with one attached hydrogen (secondary N) is 1. The molecule has 0 fully saturated rings. The summed E-state index contributed by atoms with van der Waals surface area (Å²) in [5.41, 5.74) is 0.389. The topological polar surface area (TPSA) is 46.9 Å². The molecule has 1 atom stereocenters. The van der Waals surface area contributed by atoms with Crippen LogP contribution in [-0.4, -0.2) is 15.8 Å². The molecular formula is C12H20ClN3O. The number of hydrogen-bond acceptors (Lipinski definition) is 3. The van der Waals surface area contributed by atoms with E-state index in [-0.39, 0.29) is 16.6 Å². The maximum absolute atomic E-state index is 11.9. The minimum absolute atomic E-state index is 0.223. The van der Waals surface area contributed by atoms with Crippen LogP contribution in [0.3, 0.4) is 0 Å². The number of nitrogens with zero attached hydrogens (tertiary/aromatic N) is 2. The molecule has 0 saturated carbocycles. The lowest BCUT2D eigenvalue weighted by atomic mass is 10.2. The molecule has 1 heterocycles. The van der Waals surface area contributed by atoms with Gasteiger partial charge in [0.15, 0.2) is 0 Å². The van der Waals surface area contributed by atoms with Gasteiger partial charge < -0.3 is 5.32 Å². The summed E-state index contributed by atoms with van der Waals surface area (Å²) in [6, 6.07) is 0.273. The Balaban J connectivity index is 2.98. The van der Waals surface area contributed by atoms with Crippen LogP contribution in [0.25, 0.3) is 0 Å². The number of anilines is 1. The van der Waals surface area contributed by atoms with Crippen LogP contribution in [0, 0.1) is 5.92 Å². The first-order chi connectivity index (χ1) is 7.95. The van der Waals surface area contributed by atoms with Gasteiger partial charge in [-0.3, -0.25) is 4.79 Å². The Labute approximate surface area is 107 Å². The first kappa shape index (κ1) is 14.0. The van der Waals surface area contributed by atoms with Crippen LogP contribution in [0.1, 0.15) is 34.1 Å². The quantitative estimate of drug-likeness (QED) is 0.882. The van der Waals surface area contributed by atoms with E-state index in [1.807, 2.05) is 20.8 Å². The third-order valence-electron chi connectivity index (χ3n) is 2.54. The highest BCUT2D eigenvalue weighted by Gasteiger charge is 2.11. The lowest BCUT2D eigenvalue weighted by Crippen LogP contribution is -2.27. The molecule has 96 valence electrons. The monoisotopic (exact) mass is 257 g/mol. The Morgan fingerprint density at radius 3 is 2.65 bits per heavy atom. The summed E-state index contributed by atoms with van der Waals surface area (Å²) in [6.45, 7) is 8.76. The zero-order valence-electron chi connectivity index (χ0n) is 10.8. The molecule has 4 nitrogen and oxygen atoms in total. The van der Waals surface area contributed by atoms with Crippen molar-refractivity contribution in [3.63, 3.8) is 0 Å². The molecule has 1 N–H and O–H groups in total. The van der Waals surface area contributed by atoms with Gasteiger partial charge in [0.2, 0.25) is 0 Å². The average molecular weight is 258 g/mol. The summed E-state index contributed by atoms with van der Waals surface area (Å²) >= 11 is 6.05. The maximum atomic E-state index is 11.9. The molecule has 0 aromatic carbocycles. The second-order valence-corrected chi connectivity index (χ2v) is 5.08. The van der Waals surface area contributed by atoms with Crippen LogP contribution in [0.5, 0.6) is 0 Å². The van der Waals surface area contributed by atoms with Crippen LogP contribution in [0.2, 0.25) is 5.02 Å². The third-order valence-corrected chi connectivity index (χ3v) is 2.90. The average Bonchev–Trinajstić information content (AvgIpc) is 2.28. The van der Waals surface area contributed by atoms with E-state index in [2.05, 4.69) is 17.3 Å². The molecule has 1 aromatic rings. The van der Waals surface area contributed by atoms with E-state index >= 15 is 0 Å². The number of hydrogen-bond donors (Lipinski definition) is 1. The molecule has 1 rings (SSSR count). The van der Waals surface area contributed by atoms with E-state index in [1.165, 1.54) is 4.68 Å². The molecule has 0 saturated heterocycles. The van der Waals surface area contributed by atoms with Gasteiger partial charge in [0, 0.05) is 12.6 Å². The molecule has 0 amide bonds. The lowest BCUT2D eigenvalue weighted by molar-refractivity contribution is 0.464. The van der Waals surface area contributed by atoms with Gasteiger partial charge in [-0.1, -0.05) is 32.4 Å². The molecule has 0 spiro atoms. The highest BCUT2D eigenvalue weighted by Crippen LogP contribution is 2.17. The molecule has 0 aliphatic carbocycles. The van der Waals surface area contributed by atoms with E-state index < -0.39 is 0 Å². The van der Waals surface area contributed by atoms with Crippen molar-refractivity contribution in [3.8, 4) is 0 Å². The first-order valence-electron chi connectivity index (χ1n) is 5.97. The highest BCUT2D eigenvalue weighted by atomic mass is 35.5. The van der Waals surface area contributed by atoms with Crippen molar-refractivity contribution < 1.29 is 0 Å². The van der Waals surface area contributed by atoms with Crippen LogP contribution < -0.4 is 10.9 Å². The summed E-state index contributed by atoms with van der Waals surface area (Å²) in [6.07, 6.45) is 2.59. The summed E-state index contributed by atoms with van der Waals surface area (Å²) in [5.74, 6) is 0.365. The fourth-order valence-corrected chi connectivity index (χ4v) is 1.61. The molecule has 17 heavy (non-hydrogen) atoms. The van der Waals surface area contributed by atoms with Crippen LogP contribution in [0.4, 0.5) is 5.69 Å². The zero-order chi connectivity index (χ0) is 13.0. The molecule has 5 heteroatoms. The molecule has 0 aliphatic heterocycles. The van der Waals surface area contributed by atoms with E-state index in [9.17, 15) is 4.79 Å². The molecule has 0 aliphatic rings. The van der Waals surface area contributed by atoms with Crippen molar-refractivity contribution in [2.45, 2.75) is 46.7 Å². The van der Waals surface area contributed by atoms with Gasteiger partial charge in [0.05, 0.1) is 11.9 Å². The first-order valence-corrected chi connectivity index (χ1v) is 6.35. The summed E-state index contributed by atoms with van der Waals surface area (Å²) in [7, 11) is 0. The fraction of sp³-hybridized carbons (Fsp3) is 0.667. The largest absolute Gasteiger partial charge is 0.380 e. The van der Waals surface area contributed by atoms with Gasteiger partial charge in [-0.25, -0.2) is 4.68 Å². The summed E-state index contributed by atoms with van der Waals surface area (Å²) in [5, 5.41) is 7.52.